The van der Waals surface area contributed by atoms with Crippen molar-refractivity contribution in [2.45, 2.75) is 39.2 Å². The van der Waals surface area contributed by atoms with Crippen LogP contribution in [-0.4, -0.2) is 36.0 Å². The minimum atomic E-state index is -0.261. The second kappa shape index (κ2) is 3.51. The molecule has 0 aromatic carbocycles. The van der Waals surface area contributed by atoms with E-state index in [1.54, 1.807) is 4.90 Å². The van der Waals surface area contributed by atoms with Crippen LogP contribution in [0.25, 0.3) is 0 Å². The maximum absolute atomic E-state index is 11.5. The Morgan fingerprint density at radius 3 is 2.73 bits per heavy atom. The molecule has 4 nitrogen and oxygen atoms in total. The van der Waals surface area contributed by atoms with Crippen LogP contribution in [0.15, 0.2) is 0 Å². The zero-order valence-corrected chi connectivity index (χ0v) is 9.28. The Balaban J connectivity index is 2.17. The lowest BCUT2D eigenvalue weighted by atomic mass is 9.72. The molecular formula is C11H17NO3. The summed E-state index contributed by atoms with van der Waals surface area (Å²) < 4.78 is 4.92. The zero-order valence-electron chi connectivity index (χ0n) is 9.28. The summed E-state index contributed by atoms with van der Waals surface area (Å²) in [7, 11) is 0. The van der Waals surface area contributed by atoms with Gasteiger partial charge < -0.3 is 9.64 Å². The smallest absolute Gasteiger partial charge is 0.410 e. The molecule has 1 amide bonds. The van der Waals surface area contributed by atoms with Gasteiger partial charge in [0, 0.05) is 18.9 Å². The summed E-state index contributed by atoms with van der Waals surface area (Å²) in [5, 5.41) is 0. The molecule has 2 fully saturated rings. The number of carbonyl (C=O) groups excluding carboxylic acids is 2. The maximum Gasteiger partial charge on any atom is 0.410 e. The van der Waals surface area contributed by atoms with Gasteiger partial charge in [0.05, 0.1) is 6.54 Å². The average molecular weight is 211 g/mol. The van der Waals surface area contributed by atoms with E-state index in [0.717, 1.165) is 6.42 Å². The number of ketones is 1. The summed E-state index contributed by atoms with van der Waals surface area (Å²) in [5.41, 5.74) is 0.0251. The molecule has 1 atom stereocenters. The molecule has 1 heterocycles. The number of ether oxygens (including phenoxy) is 1. The van der Waals surface area contributed by atoms with Crippen molar-refractivity contribution >= 4 is 11.9 Å². The van der Waals surface area contributed by atoms with Crippen molar-refractivity contribution in [3.05, 3.63) is 0 Å². The lowest BCUT2D eigenvalue weighted by molar-refractivity contribution is -0.124. The molecule has 1 saturated carbocycles. The molecular weight excluding hydrogens is 194 g/mol. The average Bonchev–Trinajstić information content (AvgIpc) is 2.56. The lowest BCUT2D eigenvalue weighted by Gasteiger charge is -2.41. The Bertz CT molecular complexity index is 298. The van der Waals surface area contributed by atoms with Crippen molar-refractivity contribution in [3.63, 3.8) is 0 Å². The third-order valence-corrected chi connectivity index (χ3v) is 3.54. The normalized spacial score (nSPS) is 30.5. The first-order valence-corrected chi connectivity index (χ1v) is 5.46. The van der Waals surface area contributed by atoms with Crippen LogP contribution >= 0.6 is 0 Å². The lowest BCUT2D eigenvalue weighted by Crippen LogP contribution is -2.49. The van der Waals surface area contributed by atoms with Gasteiger partial charge in [-0.05, 0) is 11.8 Å². The van der Waals surface area contributed by atoms with E-state index in [2.05, 4.69) is 13.8 Å². The number of hydrogen-bond acceptors (Lipinski definition) is 3. The molecule has 0 radical (unpaired) electrons. The van der Waals surface area contributed by atoms with Gasteiger partial charge in [0.1, 0.15) is 12.4 Å². The van der Waals surface area contributed by atoms with Crippen LogP contribution in [0.5, 0.6) is 0 Å². The van der Waals surface area contributed by atoms with Crippen LogP contribution in [-0.2, 0) is 9.53 Å². The fourth-order valence-corrected chi connectivity index (χ4v) is 2.44. The molecule has 2 rings (SSSR count). The van der Waals surface area contributed by atoms with E-state index in [1.165, 1.54) is 0 Å². The van der Waals surface area contributed by atoms with Gasteiger partial charge in [-0.2, -0.15) is 0 Å². The number of Topliss-reactive ketones (excluding diaryl/α,β-unsaturated/α-hetero) is 1. The SMILES string of the molecule is CC1(C)CCC(=O)CC1N1CCOC1=O. The molecule has 84 valence electrons. The molecule has 1 unspecified atom stereocenters. The molecule has 1 saturated heterocycles. The Hall–Kier alpha value is -1.06. The van der Waals surface area contributed by atoms with Gasteiger partial charge in [0.25, 0.3) is 0 Å². The van der Waals surface area contributed by atoms with E-state index in [1.807, 2.05) is 0 Å². The molecule has 0 spiro atoms. The minimum Gasteiger partial charge on any atom is -0.448 e. The van der Waals surface area contributed by atoms with Gasteiger partial charge in [0.15, 0.2) is 0 Å². The molecule has 0 N–H and O–H groups in total. The zero-order chi connectivity index (χ0) is 11.1. The van der Waals surface area contributed by atoms with Gasteiger partial charge in [-0.25, -0.2) is 4.79 Å². The number of cyclic esters (lactones) is 1. The highest BCUT2D eigenvalue weighted by atomic mass is 16.6. The first-order valence-electron chi connectivity index (χ1n) is 5.46. The van der Waals surface area contributed by atoms with Crippen molar-refractivity contribution in [2.24, 2.45) is 5.41 Å². The highest BCUT2D eigenvalue weighted by Crippen LogP contribution is 2.38. The van der Waals surface area contributed by atoms with E-state index < -0.39 is 0 Å². The van der Waals surface area contributed by atoms with Crippen molar-refractivity contribution in [2.75, 3.05) is 13.2 Å². The second-order valence-corrected chi connectivity index (χ2v) is 5.05. The minimum absolute atomic E-state index is 0.0220. The fourth-order valence-electron chi connectivity index (χ4n) is 2.44. The molecule has 4 heteroatoms. The summed E-state index contributed by atoms with van der Waals surface area (Å²) in [6.07, 6.45) is 1.73. The van der Waals surface area contributed by atoms with E-state index in [0.29, 0.717) is 26.0 Å². The predicted octanol–water partition coefficient (Wildman–Crippen LogP) is 1.59. The van der Waals surface area contributed by atoms with Crippen molar-refractivity contribution in [1.29, 1.82) is 0 Å². The van der Waals surface area contributed by atoms with Crippen LogP contribution in [0.4, 0.5) is 4.79 Å². The number of nitrogens with zero attached hydrogens (tertiary/aromatic N) is 1. The van der Waals surface area contributed by atoms with Gasteiger partial charge >= 0.3 is 6.09 Å². The van der Waals surface area contributed by atoms with E-state index in [-0.39, 0.29) is 23.3 Å². The second-order valence-electron chi connectivity index (χ2n) is 5.05. The van der Waals surface area contributed by atoms with E-state index >= 15 is 0 Å². The first-order chi connectivity index (χ1) is 7.00. The number of rotatable bonds is 1. The van der Waals surface area contributed by atoms with Crippen molar-refractivity contribution in [3.8, 4) is 0 Å². The van der Waals surface area contributed by atoms with Crippen LogP contribution < -0.4 is 0 Å². The highest BCUT2D eigenvalue weighted by Gasteiger charge is 2.43. The van der Waals surface area contributed by atoms with Crippen molar-refractivity contribution in [1.82, 2.24) is 4.90 Å². The number of hydrogen-bond donors (Lipinski definition) is 0. The number of carbonyl (C=O) groups is 2. The van der Waals surface area contributed by atoms with Crippen molar-refractivity contribution < 1.29 is 14.3 Å². The third kappa shape index (κ3) is 1.85. The van der Waals surface area contributed by atoms with E-state index in [9.17, 15) is 9.59 Å². The third-order valence-electron chi connectivity index (χ3n) is 3.54. The Morgan fingerprint density at radius 1 is 1.40 bits per heavy atom. The Labute approximate surface area is 89.6 Å². The van der Waals surface area contributed by atoms with Crippen LogP contribution in [0.1, 0.15) is 33.1 Å². The van der Waals surface area contributed by atoms with Gasteiger partial charge in [-0.1, -0.05) is 13.8 Å². The molecule has 2 aliphatic rings. The van der Waals surface area contributed by atoms with Gasteiger partial charge in [0.2, 0.25) is 0 Å². The maximum atomic E-state index is 11.5. The van der Waals surface area contributed by atoms with E-state index in [4.69, 9.17) is 4.74 Å². The number of amides is 1. The molecule has 0 aromatic rings. The largest absolute Gasteiger partial charge is 0.448 e. The Kier molecular flexibility index (Phi) is 2.44. The summed E-state index contributed by atoms with van der Waals surface area (Å²) in [5.74, 6) is 0.263. The topological polar surface area (TPSA) is 46.6 Å². The molecule has 15 heavy (non-hydrogen) atoms. The Morgan fingerprint density at radius 2 is 2.13 bits per heavy atom. The van der Waals surface area contributed by atoms with Gasteiger partial charge in [-0.3, -0.25) is 4.79 Å². The van der Waals surface area contributed by atoms with Crippen LogP contribution in [0.3, 0.4) is 0 Å². The summed E-state index contributed by atoms with van der Waals surface area (Å²) in [6, 6.07) is 0.0220. The molecule has 1 aliphatic heterocycles. The standard InChI is InChI=1S/C11H17NO3/c1-11(2)4-3-8(13)7-9(11)12-5-6-15-10(12)14/h9H,3-7H2,1-2H3. The molecule has 1 aliphatic carbocycles. The molecule has 0 aromatic heterocycles. The molecule has 0 bridgehead atoms. The van der Waals surface area contributed by atoms with Crippen LogP contribution in [0, 0.1) is 5.41 Å². The first kappa shape index (κ1) is 10.5. The highest BCUT2D eigenvalue weighted by molar-refractivity contribution is 5.81. The fraction of sp³-hybridized carbons (Fsp3) is 0.818. The summed E-state index contributed by atoms with van der Waals surface area (Å²) in [6.45, 7) is 5.32. The van der Waals surface area contributed by atoms with Crippen LogP contribution in [0.2, 0.25) is 0 Å². The summed E-state index contributed by atoms with van der Waals surface area (Å²) >= 11 is 0. The van der Waals surface area contributed by atoms with Gasteiger partial charge in [-0.15, -0.1) is 0 Å². The quantitative estimate of drug-likeness (QED) is 0.661. The summed E-state index contributed by atoms with van der Waals surface area (Å²) in [4.78, 5) is 24.6. The predicted molar refractivity (Wildman–Crippen MR) is 54.5 cm³/mol. The monoisotopic (exact) mass is 211 g/mol.